The molecular formula is C57H41NO. The Morgan fingerprint density at radius 1 is 0.339 bits per heavy atom. The monoisotopic (exact) mass is 755 g/mol. The zero-order valence-corrected chi connectivity index (χ0v) is 33.1. The maximum absolute atomic E-state index is 7.38. The molecule has 0 fully saturated rings. The quantitative estimate of drug-likeness (QED) is 0.168. The molecule has 0 aromatic heterocycles. The van der Waals surface area contributed by atoms with Crippen LogP contribution in [-0.2, 0) is 5.41 Å². The first-order valence-electron chi connectivity index (χ1n) is 20.4. The third-order valence-electron chi connectivity index (χ3n) is 12.3. The van der Waals surface area contributed by atoms with Gasteiger partial charge in [-0.05, 0) is 115 Å². The lowest BCUT2D eigenvalue weighted by Crippen LogP contribution is -2.17. The maximum atomic E-state index is 7.38. The molecule has 0 bridgehead atoms. The van der Waals surface area contributed by atoms with E-state index in [-0.39, 0.29) is 5.41 Å². The number of para-hydroxylation sites is 1. The van der Waals surface area contributed by atoms with Crippen molar-refractivity contribution in [1.82, 2.24) is 0 Å². The van der Waals surface area contributed by atoms with Gasteiger partial charge in [0.05, 0.1) is 5.69 Å². The topological polar surface area (TPSA) is 12.5 Å². The van der Waals surface area contributed by atoms with Gasteiger partial charge in [0.25, 0.3) is 0 Å². The lowest BCUT2D eigenvalue weighted by molar-refractivity contribution is 0.489. The van der Waals surface area contributed by atoms with Gasteiger partial charge in [-0.1, -0.05) is 178 Å². The van der Waals surface area contributed by atoms with Crippen molar-refractivity contribution in [2.45, 2.75) is 19.3 Å². The minimum atomic E-state index is -0.156. The first kappa shape index (κ1) is 34.8. The largest absolute Gasteiger partial charge is 0.454 e. The number of hydrogen-bond acceptors (Lipinski definition) is 2. The number of ether oxygens (including phenoxy) is 1. The van der Waals surface area contributed by atoms with E-state index < -0.39 is 0 Å². The number of benzene rings is 9. The first-order chi connectivity index (χ1) is 29.0. The van der Waals surface area contributed by atoms with Crippen molar-refractivity contribution in [3.8, 4) is 78.3 Å². The fourth-order valence-corrected chi connectivity index (χ4v) is 9.27. The van der Waals surface area contributed by atoms with Crippen LogP contribution in [0.4, 0.5) is 17.1 Å². The van der Waals surface area contributed by atoms with E-state index in [1.807, 2.05) is 0 Å². The molecule has 11 rings (SSSR count). The Bertz CT molecular complexity index is 3020. The Hall–Kier alpha value is -7.42. The summed E-state index contributed by atoms with van der Waals surface area (Å²) in [6, 6.07) is 76.7. The first-order valence-corrected chi connectivity index (χ1v) is 20.4. The van der Waals surface area contributed by atoms with Crippen LogP contribution in [0, 0.1) is 0 Å². The van der Waals surface area contributed by atoms with Crippen LogP contribution in [0.3, 0.4) is 0 Å². The van der Waals surface area contributed by atoms with Crippen LogP contribution in [0.2, 0.25) is 0 Å². The minimum absolute atomic E-state index is 0.156. The number of nitrogens with zero attached hydrogens (tertiary/aromatic N) is 1. The number of hydrogen-bond donors (Lipinski definition) is 0. The van der Waals surface area contributed by atoms with Crippen molar-refractivity contribution >= 4 is 17.1 Å². The average molecular weight is 756 g/mol. The van der Waals surface area contributed by atoms with Gasteiger partial charge in [-0.3, -0.25) is 0 Å². The highest BCUT2D eigenvalue weighted by molar-refractivity contribution is 5.98. The molecule has 0 saturated carbocycles. The van der Waals surface area contributed by atoms with Gasteiger partial charge < -0.3 is 9.64 Å². The van der Waals surface area contributed by atoms with E-state index in [9.17, 15) is 0 Å². The minimum Gasteiger partial charge on any atom is -0.454 e. The van der Waals surface area contributed by atoms with Crippen LogP contribution in [0.5, 0.6) is 11.5 Å². The van der Waals surface area contributed by atoms with Gasteiger partial charge >= 0.3 is 0 Å². The molecule has 1 aliphatic carbocycles. The summed E-state index contributed by atoms with van der Waals surface area (Å²) < 4.78 is 7.38. The molecule has 0 N–H and O–H groups in total. The van der Waals surface area contributed by atoms with Crippen LogP contribution in [0.1, 0.15) is 25.0 Å². The van der Waals surface area contributed by atoms with Crippen molar-refractivity contribution in [3.63, 3.8) is 0 Å². The number of anilines is 3. The maximum Gasteiger partial charge on any atom is 0.159 e. The van der Waals surface area contributed by atoms with E-state index in [0.29, 0.717) is 0 Å². The van der Waals surface area contributed by atoms with Gasteiger partial charge in [-0.2, -0.15) is 0 Å². The van der Waals surface area contributed by atoms with E-state index in [1.165, 1.54) is 44.5 Å². The second kappa shape index (κ2) is 13.9. The molecule has 9 aromatic carbocycles. The van der Waals surface area contributed by atoms with Crippen molar-refractivity contribution in [2.75, 3.05) is 4.90 Å². The average Bonchev–Trinajstić information content (AvgIpc) is 3.43. The second-order valence-electron chi connectivity index (χ2n) is 16.1. The van der Waals surface area contributed by atoms with E-state index in [0.717, 1.165) is 61.9 Å². The number of fused-ring (bicyclic) bond motifs is 8. The Labute approximate surface area is 346 Å². The van der Waals surface area contributed by atoms with Crippen molar-refractivity contribution in [2.24, 2.45) is 0 Å². The van der Waals surface area contributed by atoms with Gasteiger partial charge in [-0.25, -0.2) is 0 Å². The third-order valence-corrected chi connectivity index (χ3v) is 12.3. The molecule has 2 heteroatoms. The fourth-order valence-electron chi connectivity index (χ4n) is 9.27. The summed E-state index contributed by atoms with van der Waals surface area (Å²) in [5, 5.41) is 0. The summed E-state index contributed by atoms with van der Waals surface area (Å²) in [6.45, 7) is 4.69. The van der Waals surface area contributed by atoms with Gasteiger partial charge in [0, 0.05) is 27.9 Å². The SMILES string of the molecule is CC1(C)c2ccccc2-c2ccc(N(c3ccc(-c4ccccc4)cc3)c3cccc4c3Oc3cc(-c5ccccc5)ccc3-c3cc(-c5ccccc5)ccc3-4)cc21. The molecule has 1 aliphatic heterocycles. The van der Waals surface area contributed by atoms with Crippen LogP contribution in [-0.4, -0.2) is 0 Å². The molecule has 2 aliphatic rings. The lowest BCUT2D eigenvalue weighted by atomic mass is 9.82. The Morgan fingerprint density at radius 3 is 1.54 bits per heavy atom. The van der Waals surface area contributed by atoms with E-state index >= 15 is 0 Å². The third kappa shape index (κ3) is 5.87. The molecule has 0 amide bonds. The zero-order valence-electron chi connectivity index (χ0n) is 33.1. The summed E-state index contributed by atoms with van der Waals surface area (Å²) in [6.07, 6.45) is 0. The standard InChI is InChI=1S/C57H41NO/c1-57(2)52-23-13-12-21-47(52)48-34-31-45(37-53(48)57)58(44-29-25-41(26-30-44)38-15-6-3-7-16-38)54-24-14-22-50-46-32-27-42(39-17-8-4-9-18-39)35-51(46)49-33-28-43(36-55(49)59-56(50)54)40-19-10-5-11-20-40/h3-37H,1-2H3. The molecule has 0 unspecified atom stereocenters. The van der Waals surface area contributed by atoms with Crippen LogP contribution in [0.15, 0.2) is 212 Å². The van der Waals surface area contributed by atoms with Gasteiger partial charge in [0.15, 0.2) is 5.75 Å². The molecule has 280 valence electrons. The van der Waals surface area contributed by atoms with Crippen molar-refractivity contribution in [1.29, 1.82) is 0 Å². The Balaban J connectivity index is 1.14. The Morgan fingerprint density at radius 2 is 0.847 bits per heavy atom. The second-order valence-corrected chi connectivity index (χ2v) is 16.1. The predicted octanol–water partition coefficient (Wildman–Crippen LogP) is 15.9. The molecule has 59 heavy (non-hydrogen) atoms. The summed E-state index contributed by atoms with van der Waals surface area (Å²) in [5.74, 6) is 1.65. The van der Waals surface area contributed by atoms with E-state index in [4.69, 9.17) is 4.74 Å². The highest BCUT2D eigenvalue weighted by Gasteiger charge is 2.36. The summed E-state index contributed by atoms with van der Waals surface area (Å²) in [7, 11) is 0. The molecule has 0 saturated heterocycles. The Kier molecular flexibility index (Phi) is 8.20. The van der Waals surface area contributed by atoms with Gasteiger partial charge in [-0.15, -0.1) is 0 Å². The van der Waals surface area contributed by atoms with Gasteiger partial charge in [0.1, 0.15) is 5.75 Å². The summed E-state index contributed by atoms with van der Waals surface area (Å²) in [4.78, 5) is 2.39. The van der Waals surface area contributed by atoms with Crippen LogP contribution in [0.25, 0.3) is 66.8 Å². The van der Waals surface area contributed by atoms with E-state index in [1.54, 1.807) is 0 Å². The molecule has 1 heterocycles. The molecule has 0 spiro atoms. The summed E-state index contributed by atoms with van der Waals surface area (Å²) >= 11 is 0. The molecule has 9 aromatic rings. The van der Waals surface area contributed by atoms with Crippen LogP contribution >= 0.6 is 0 Å². The lowest BCUT2D eigenvalue weighted by Gasteiger charge is -2.30. The normalized spacial score (nSPS) is 12.8. The van der Waals surface area contributed by atoms with Crippen LogP contribution < -0.4 is 9.64 Å². The highest BCUT2D eigenvalue weighted by atomic mass is 16.5. The zero-order chi connectivity index (χ0) is 39.5. The molecule has 2 nitrogen and oxygen atoms in total. The fraction of sp³-hybridized carbons (Fsp3) is 0.0526. The van der Waals surface area contributed by atoms with Crippen molar-refractivity contribution < 1.29 is 4.74 Å². The highest BCUT2D eigenvalue weighted by Crippen LogP contribution is 2.55. The summed E-state index contributed by atoms with van der Waals surface area (Å²) in [5.41, 5.74) is 19.6. The van der Waals surface area contributed by atoms with Crippen molar-refractivity contribution in [3.05, 3.63) is 223 Å². The molecule has 0 radical (unpaired) electrons. The smallest absolute Gasteiger partial charge is 0.159 e. The van der Waals surface area contributed by atoms with Gasteiger partial charge in [0.2, 0.25) is 0 Å². The van der Waals surface area contributed by atoms with E-state index in [2.05, 4.69) is 231 Å². The number of rotatable bonds is 6. The predicted molar refractivity (Wildman–Crippen MR) is 246 cm³/mol. The molecule has 0 atom stereocenters. The molecular weight excluding hydrogens is 715 g/mol.